The molecule has 0 amide bonds. The van der Waals surface area contributed by atoms with Gasteiger partial charge in [-0.15, -0.1) is 0 Å². The first-order valence-electron chi connectivity index (χ1n) is 5.80. The van der Waals surface area contributed by atoms with E-state index in [0.29, 0.717) is 22.3 Å². The van der Waals surface area contributed by atoms with Crippen molar-refractivity contribution in [2.45, 2.75) is 19.6 Å². The number of hydrogen-bond acceptors (Lipinski definition) is 3. The van der Waals surface area contributed by atoms with Crippen LogP contribution in [0.5, 0.6) is 5.75 Å². The Balaban J connectivity index is 1.90. The number of aromatic nitrogens is 2. The van der Waals surface area contributed by atoms with Crippen LogP contribution in [0.3, 0.4) is 0 Å². The van der Waals surface area contributed by atoms with E-state index >= 15 is 0 Å². The smallest absolute Gasteiger partial charge is 0.138 e. The Kier molecular flexibility index (Phi) is 4.69. The molecule has 0 radical (unpaired) electrons. The largest absolute Gasteiger partial charge is 0.489 e. The molecule has 0 aliphatic carbocycles. The topological polar surface area (TPSA) is 47.3 Å². The van der Waals surface area contributed by atoms with Crippen LogP contribution >= 0.6 is 23.2 Å². The van der Waals surface area contributed by atoms with E-state index in [-0.39, 0.29) is 6.61 Å². The van der Waals surface area contributed by atoms with Crippen molar-refractivity contribution < 1.29 is 9.84 Å². The number of rotatable bonds is 5. The van der Waals surface area contributed by atoms with Gasteiger partial charge in [-0.2, -0.15) is 0 Å². The van der Waals surface area contributed by atoms with Crippen molar-refractivity contribution in [3.05, 3.63) is 46.5 Å². The van der Waals surface area contributed by atoms with E-state index in [9.17, 15) is 5.11 Å². The number of ether oxygens (including phenoxy) is 1. The van der Waals surface area contributed by atoms with Crippen molar-refractivity contribution >= 4 is 23.2 Å². The predicted octanol–water partition coefficient (Wildman–Crippen LogP) is 2.94. The second kappa shape index (κ2) is 6.28. The molecule has 1 heterocycles. The standard InChI is InChI=1S/C13H14Cl2N2O2/c1-9-16-4-5-17(9)7-11(18)8-19-13-3-2-10(14)6-12(13)15/h2-6,11,18H,7-8H2,1H3/t11-/m1/s1. The van der Waals surface area contributed by atoms with Gasteiger partial charge >= 0.3 is 0 Å². The molecule has 0 aliphatic rings. The molecule has 0 saturated heterocycles. The molecule has 1 N–H and O–H groups in total. The van der Waals surface area contributed by atoms with Crippen LogP contribution < -0.4 is 4.74 Å². The summed E-state index contributed by atoms with van der Waals surface area (Å²) in [7, 11) is 0. The van der Waals surface area contributed by atoms with Crippen molar-refractivity contribution in [1.82, 2.24) is 9.55 Å². The number of hydrogen-bond donors (Lipinski definition) is 1. The number of aliphatic hydroxyl groups is 1. The third-order valence-corrected chi connectivity index (χ3v) is 3.19. The Morgan fingerprint density at radius 1 is 1.42 bits per heavy atom. The normalized spacial score (nSPS) is 12.4. The first kappa shape index (κ1) is 14.2. The summed E-state index contributed by atoms with van der Waals surface area (Å²) in [4.78, 5) is 4.09. The van der Waals surface area contributed by atoms with Gasteiger partial charge in [0.15, 0.2) is 0 Å². The Labute approximate surface area is 121 Å². The summed E-state index contributed by atoms with van der Waals surface area (Å²) in [5.41, 5.74) is 0. The van der Waals surface area contributed by atoms with Crippen molar-refractivity contribution in [3.8, 4) is 5.75 Å². The molecule has 2 aromatic rings. The summed E-state index contributed by atoms with van der Waals surface area (Å²) >= 11 is 11.8. The SMILES string of the molecule is Cc1nccn1C[C@@H](O)COc1ccc(Cl)cc1Cl. The first-order valence-corrected chi connectivity index (χ1v) is 6.55. The zero-order chi connectivity index (χ0) is 13.8. The zero-order valence-electron chi connectivity index (χ0n) is 10.4. The summed E-state index contributed by atoms with van der Waals surface area (Å²) in [6.45, 7) is 2.46. The minimum atomic E-state index is -0.639. The van der Waals surface area contributed by atoms with Gasteiger partial charge in [0.05, 0.1) is 11.6 Å². The predicted molar refractivity (Wildman–Crippen MR) is 74.9 cm³/mol. The van der Waals surface area contributed by atoms with E-state index in [1.165, 1.54) is 0 Å². The summed E-state index contributed by atoms with van der Waals surface area (Å²) in [5, 5.41) is 10.9. The lowest BCUT2D eigenvalue weighted by Gasteiger charge is -2.14. The number of imidazole rings is 1. The zero-order valence-corrected chi connectivity index (χ0v) is 11.9. The third-order valence-electron chi connectivity index (χ3n) is 2.66. The lowest BCUT2D eigenvalue weighted by molar-refractivity contribution is 0.0920. The second-order valence-corrected chi connectivity index (χ2v) is 5.01. The molecule has 19 heavy (non-hydrogen) atoms. The van der Waals surface area contributed by atoms with Crippen LogP contribution in [0.2, 0.25) is 10.0 Å². The van der Waals surface area contributed by atoms with E-state index in [1.54, 1.807) is 24.4 Å². The van der Waals surface area contributed by atoms with Gasteiger partial charge in [0, 0.05) is 17.4 Å². The fourth-order valence-electron chi connectivity index (χ4n) is 1.65. The monoisotopic (exact) mass is 300 g/mol. The van der Waals surface area contributed by atoms with Gasteiger partial charge < -0.3 is 14.4 Å². The maximum Gasteiger partial charge on any atom is 0.138 e. The Morgan fingerprint density at radius 2 is 2.21 bits per heavy atom. The van der Waals surface area contributed by atoms with Gasteiger partial charge in [-0.3, -0.25) is 0 Å². The highest BCUT2D eigenvalue weighted by Crippen LogP contribution is 2.27. The van der Waals surface area contributed by atoms with Crippen LogP contribution in [0.25, 0.3) is 0 Å². The van der Waals surface area contributed by atoms with Crippen molar-refractivity contribution in [3.63, 3.8) is 0 Å². The number of nitrogens with zero attached hydrogens (tertiary/aromatic N) is 2. The molecule has 0 saturated carbocycles. The highest BCUT2D eigenvalue weighted by atomic mass is 35.5. The average molecular weight is 301 g/mol. The van der Waals surface area contributed by atoms with Gasteiger partial charge in [0.1, 0.15) is 24.3 Å². The second-order valence-electron chi connectivity index (χ2n) is 4.17. The molecule has 1 aromatic carbocycles. The summed E-state index contributed by atoms with van der Waals surface area (Å²) < 4.78 is 7.33. The molecule has 0 unspecified atom stereocenters. The Morgan fingerprint density at radius 3 is 2.84 bits per heavy atom. The third kappa shape index (κ3) is 3.86. The quantitative estimate of drug-likeness (QED) is 0.923. The molecular weight excluding hydrogens is 287 g/mol. The molecule has 1 aromatic heterocycles. The number of aryl methyl sites for hydroxylation is 1. The molecule has 0 spiro atoms. The lowest BCUT2D eigenvalue weighted by atomic mass is 10.3. The summed E-state index contributed by atoms with van der Waals surface area (Å²) in [6, 6.07) is 4.97. The summed E-state index contributed by atoms with van der Waals surface area (Å²) in [6.07, 6.45) is 2.87. The van der Waals surface area contributed by atoms with Crippen molar-refractivity contribution in [1.29, 1.82) is 0 Å². The van der Waals surface area contributed by atoms with Crippen LogP contribution in [0.15, 0.2) is 30.6 Å². The Hall–Kier alpha value is -1.23. The molecule has 0 fully saturated rings. The highest BCUT2D eigenvalue weighted by molar-refractivity contribution is 6.35. The molecule has 2 rings (SSSR count). The highest BCUT2D eigenvalue weighted by Gasteiger charge is 2.09. The van der Waals surface area contributed by atoms with Crippen LogP contribution in [-0.2, 0) is 6.54 Å². The van der Waals surface area contributed by atoms with E-state index in [1.807, 2.05) is 17.7 Å². The molecule has 4 nitrogen and oxygen atoms in total. The molecule has 1 atom stereocenters. The molecule has 0 bridgehead atoms. The van der Waals surface area contributed by atoms with Gasteiger partial charge in [-0.05, 0) is 25.1 Å². The van der Waals surface area contributed by atoms with Crippen molar-refractivity contribution in [2.24, 2.45) is 0 Å². The fourth-order valence-corrected chi connectivity index (χ4v) is 2.12. The Bertz CT molecular complexity index is 557. The number of halogens is 2. The van der Waals surface area contributed by atoms with Gasteiger partial charge in [0.25, 0.3) is 0 Å². The molecular formula is C13H14Cl2N2O2. The number of benzene rings is 1. The maximum absolute atomic E-state index is 9.91. The molecule has 0 aliphatic heterocycles. The van der Waals surface area contributed by atoms with Gasteiger partial charge in [-0.1, -0.05) is 23.2 Å². The van der Waals surface area contributed by atoms with Crippen LogP contribution in [-0.4, -0.2) is 27.4 Å². The maximum atomic E-state index is 9.91. The van der Waals surface area contributed by atoms with Crippen molar-refractivity contribution in [2.75, 3.05) is 6.61 Å². The lowest BCUT2D eigenvalue weighted by Crippen LogP contribution is -2.23. The van der Waals surface area contributed by atoms with E-state index < -0.39 is 6.10 Å². The molecule has 102 valence electrons. The van der Waals surface area contributed by atoms with Crippen LogP contribution in [0, 0.1) is 6.92 Å². The van der Waals surface area contributed by atoms with E-state index in [2.05, 4.69) is 4.98 Å². The van der Waals surface area contributed by atoms with Crippen LogP contribution in [0.4, 0.5) is 0 Å². The summed E-state index contributed by atoms with van der Waals surface area (Å²) in [5.74, 6) is 1.36. The van der Waals surface area contributed by atoms with E-state index in [0.717, 1.165) is 5.82 Å². The average Bonchev–Trinajstić information content (AvgIpc) is 2.74. The number of aliphatic hydroxyl groups excluding tert-OH is 1. The fraction of sp³-hybridized carbons (Fsp3) is 0.308. The minimum Gasteiger partial charge on any atom is -0.489 e. The van der Waals surface area contributed by atoms with Gasteiger partial charge in [-0.25, -0.2) is 4.98 Å². The molecule has 6 heteroatoms. The van der Waals surface area contributed by atoms with E-state index in [4.69, 9.17) is 27.9 Å². The van der Waals surface area contributed by atoms with Gasteiger partial charge in [0.2, 0.25) is 0 Å². The first-order chi connectivity index (χ1) is 9.06. The minimum absolute atomic E-state index is 0.152. The van der Waals surface area contributed by atoms with Crippen LogP contribution in [0.1, 0.15) is 5.82 Å².